The normalized spacial score (nSPS) is 11.8. The first-order chi connectivity index (χ1) is 8.06. The minimum Gasteiger partial charge on any atom is -0.205 e. The van der Waals surface area contributed by atoms with Gasteiger partial charge in [-0.25, -0.2) is 4.39 Å². The highest BCUT2D eigenvalue weighted by Gasteiger charge is 2.27. The van der Waals surface area contributed by atoms with Gasteiger partial charge in [0, 0.05) is 17.2 Å². The van der Waals surface area contributed by atoms with Gasteiger partial charge in [-0.3, -0.25) is 0 Å². The molecule has 0 N–H and O–H groups in total. The highest BCUT2D eigenvalue weighted by atomic mass is 35.5. The lowest BCUT2D eigenvalue weighted by Crippen LogP contribution is -2.28. The van der Waals surface area contributed by atoms with Crippen molar-refractivity contribution in [3.05, 3.63) is 34.6 Å². The van der Waals surface area contributed by atoms with E-state index in [0.717, 1.165) is 24.8 Å². The van der Waals surface area contributed by atoms with E-state index < -0.39 is 5.82 Å². The van der Waals surface area contributed by atoms with Crippen LogP contribution in [0.15, 0.2) is 18.2 Å². The van der Waals surface area contributed by atoms with E-state index in [4.69, 9.17) is 34.8 Å². The zero-order valence-corrected chi connectivity index (χ0v) is 12.0. The Labute approximate surface area is 117 Å². The minimum absolute atomic E-state index is 0.126. The van der Waals surface area contributed by atoms with Gasteiger partial charge in [0.1, 0.15) is 5.82 Å². The van der Waals surface area contributed by atoms with Crippen LogP contribution in [0.3, 0.4) is 0 Å². The molecule has 0 aliphatic heterocycles. The fraction of sp³-hybridized carbons (Fsp3) is 0.538. The maximum absolute atomic E-state index is 13.1. The van der Waals surface area contributed by atoms with Crippen molar-refractivity contribution in [3.63, 3.8) is 0 Å². The van der Waals surface area contributed by atoms with Crippen molar-refractivity contribution in [2.24, 2.45) is 5.41 Å². The van der Waals surface area contributed by atoms with Crippen molar-refractivity contribution < 1.29 is 4.39 Å². The Morgan fingerprint density at radius 1 is 1.24 bits per heavy atom. The Balaban J connectivity index is 2.89. The molecule has 0 saturated heterocycles. The second-order valence-corrected chi connectivity index (χ2v) is 5.38. The zero-order valence-electron chi connectivity index (χ0n) is 9.78. The summed E-state index contributed by atoms with van der Waals surface area (Å²) in [5.41, 5.74) is 0.852. The Morgan fingerprint density at radius 2 is 1.88 bits per heavy atom. The smallest absolute Gasteiger partial charge is 0.141 e. The molecule has 0 bridgehead atoms. The SMILES string of the molecule is CCCC(CCl)(CCl)Cc1ccc(F)c(Cl)c1. The van der Waals surface area contributed by atoms with Crippen LogP contribution < -0.4 is 0 Å². The summed E-state index contributed by atoms with van der Waals surface area (Å²) in [7, 11) is 0. The minimum atomic E-state index is -0.395. The molecule has 0 spiro atoms. The van der Waals surface area contributed by atoms with Crippen molar-refractivity contribution in [2.75, 3.05) is 11.8 Å². The van der Waals surface area contributed by atoms with Crippen molar-refractivity contribution in [1.82, 2.24) is 0 Å². The summed E-state index contributed by atoms with van der Waals surface area (Å²) in [6.07, 6.45) is 2.71. The third kappa shape index (κ3) is 4.01. The van der Waals surface area contributed by atoms with E-state index in [1.807, 2.05) is 0 Å². The molecular weight excluding hydrogens is 281 g/mol. The summed E-state index contributed by atoms with van der Waals surface area (Å²) < 4.78 is 13.1. The summed E-state index contributed by atoms with van der Waals surface area (Å²) in [5, 5.41) is 0.150. The average Bonchev–Trinajstić information content (AvgIpc) is 2.33. The van der Waals surface area contributed by atoms with Crippen molar-refractivity contribution in [2.45, 2.75) is 26.2 Å². The Bertz CT molecular complexity index is 362. The first-order valence-corrected chi connectivity index (χ1v) is 7.07. The molecule has 0 radical (unpaired) electrons. The van der Waals surface area contributed by atoms with Crippen LogP contribution in [0.4, 0.5) is 4.39 Å². The van der Waals surface area contributed by atoms with Gasteiger partial charge in [0.15, 0.2) is 0 Å². The van der Waals surface area contributed by atoms with Gasteiger partial charge >= 0.3 is 0 Å². The van der Waals surface area contributed by atoms with Crippen LogP contribution in [-0.2, 0) is 6.42 Å². The number of hydrogen-bond donors (Lipinski definition) is 0. The summed E-state index contributed by atoms with van der Waals surface area (Å²) in [6, 6.07) is 4.78. The molecular formula is C13H16Cl3F. The molecule has 1 rings (SSSR count). The monoisotopic (exact) mass is 296 g/mol. The highest BCUT2D eigenvalue weighted by molar-refractivity contribution is 6.30. The van der Waals surface area contributed by atoms with Crippen LogP contribution >= 0.6 is 34.8 Å². The lowest BCUT2D eigenvalue weighted by Gasteiger charge is -2.29. The molecule has 0 amide bonds. The van der Waals surface area contributed by atoms with E-state index in [-0.39, 0.29) is 10.4 Å². The molecule has 4 heteroatoms. The molecule has 0 fully saturated rings. The van der Waals surface area contributed by atoms with Gasteiger partial charge in [-0.1, -0.05) is 31.0 Å². The number of hydrogen-bond acceptors (Lipinski definition) is 0. The third-order valence-electron chi connectivity index (χ3n) is 2.91. The molecule has 0 aromatic heterocycles. The molecule has 0 saturated carbocycles. The first-order valence-electron chi connectivity index (χ1n) is 5.63. The van der Waals surface area contributed by atoms with E-state index >= 15 is 0 Å². The fourth-order valence-electron chi connectivity index (χ4n) is 1.97. The van der Waals surface area contributed by atoms with Crippen LogP contribution in [0.5, 0.6) is 0 Å². The maximum Gasteiger partial charge on any atom is 0.141 e. The molecule has 0 nitrogen and oxygen atoms in total. The van der Waals surface area contributed by atoms with Crippen LogP contribution in [0.1, 0.15) is 25.3 Å². The van der Waals surface area contributed by atoms with Gasteiger partial charge in [-0.15, -0.1) is 23.2 Å². The van der Waals surface area contributed by atoms with E-state index in [0.29, 0.717) is 11.8 Å². The number of rotatable bonds is 6. The maximum atomic E-state index is 13.1. The van der Waals surface area contributed by atoms with Crippen LogP contribution in [0.2, 0.25) is 5.02 Å². The predicted molar refractivity (Wildman–Crippen MR) is 73.9 cm³/mol. The van der Waals surface area contributed by atoms with Crippen molar-refractivity contribution >= 4 is 34.8 Å². The van der Waals surface area contributed by atoms with Crippen molar-refractivity contribution in [3.8, 4) is 0 Å². The zero-order chi connectivity index (χ0) is 12.9. The Morgan fingerprint density at radius 3 is 2.35 bits per heavy atom. The number of alkyl halides is 2. The quantitative estimate of drug-likeness (QED) is 0.626. The topological polar surface area (TPSA) is 0 Å². The molecule has 0 unspecified atom stereocenters. The first kappa shape index (κ1) is 15.1. The van der Waals surface area contributed by atoms with Gasteiger partial charge in [0.2, 0.25) is 0 Å². The van der Waals surface area contributed by atoms with E-state index in [2.05, 4.69) is 6.92 Å². The highest BCUT2D eigenvalue weighted by Crippen LogP contribution is 2.32. The van der Waals surface area contributed by atoms with Crippen LogP contribution in [0.25, 0.3) is 0 Å². The molecule has 1 aromatic rings. The largest absolute Gasteiger partial charge is 0.205 e. The molecule has 1 aromatic carbocycles. The average molecular weight is 298 g/mol. The van der Waals surface area contributed by atoms with Crippen LogP contribution in [0, 0.1) is 11.2 Å². The Kier molecular flexibility index (Phi) is 6.05. The predicted octanol–water partition coefficient (Wildman–Crippen LogP) is 5.29. The van der Waals surface area contributed by atoms with Gasteiger partial charge < -0.3 is 0 Å². The van der Waals surface area contributed by atoms with Gasteiger partial charge in [-0.05, 0) is 30.5 Å². The number of benzene rings is 1. The summed E-state index contributed by atoms with van der Waals surface area (Å²) in [6.45, 7) is 2.10. The molecule has 0 aliphatic carbocycles. The Hall–Kier alpha value is 0.0200. The molecule has 17 heavy (non-hydrogen) atoms. The van der Waals surface area contributed by atoms with Gasteiger partial charge in [-0.2, -0.15) is 0 Å². The molecule has 96 valence electrons. The summed E-state index contributed by atoms with van der Waals surface area (Å²) >= 11 is 17.8. The van der Waals surface area contributed by atoms with E-state index in [1.54, 1.807) is 12.1 Å². The summed E-state index contributed by atoms with van der Waals surface area (Å²) in [4.78, 5) is 0. The van der Waals surface area contributed by atoms with E-state index in [9.17, 15) is 4.39 Å². The van der Waals surface area contributed by atoms with Crippen molar-refractivity contribution in [1.29, 1.82) is 0 Å². The van der Waals surface area contributed by atoms with E-state index in [1.165, 1.54) is 6.07 Å². The molecule has 0 aliphatic rings. The lowest BCUT2D eigenvalue weighted by atomic mass is 9.81. The third-order valence-corrected chi connectivity index (χ3v) is 4.33. The molecule has 0 heterocycles. The fourth-order valence-corrected chi connectivity index (χ4v) is 2.91. The second-order valence-electron chi connectivity index (χ2n) is 4.44. The molecule has 0 atom stereocenters. The van der Waals surface area contributed by atoms with Gasteiger partial charge in [0.25, 0.3) is 0 Å². The van der Waals surface area contributed by atoms with Crippen LogP contribution in [-0.4, -0.2) is 11.8 Å². The second kappa shape index (κ2) is 6.82. The standard InChI is InChI=1S/C13H16Cl3F/c1-2-5-13(8-14,9-15)7-10-3-4-12(17)11(16)6-10/h3-4,6H,2,5,7-9H2,1H3. The number of halogens is 4. The lowest BCUT2D eigenvalue weighted by molar-refractivity contribution is 0.341. The summed E-state index contributed by atoms with van der Waals surface area (Å²) in [5.74, 6) is 0.604. The van der Waals surface area contributed by atoms with Gasteiger partial charge in [0.05, 0.1) is 5.02 Å².